The van der Waals surface area contributed by atoms with Crippen molar-refractivity contribution in [3.8, 4) is 0 Å². The molecule has 0 atom stereocenters. The zero-order valence-corrected chi connectivity index (χ0v) is 17.7. The molecule has 6 heteroatoms. The van der Waals surface area contributed by atoms with Crippen LogP contribution in [0.1, 0.15) is 26.5 Å². The highest BCUT2D eigenvalue weighted by Gasteiger charge is 2.14. The van der Waals surface area contributed by atoms with Gasteiger partial charge in [0.1, 0.15) is 5.58 Å². The number of carbonyl (C=O) groups excluding carboxylic acids is 2. The van der Waals surface area contributed by atoms with Crippen LogP contribution in [0.15, 0.2) is 77.2 Å². The predicted octanol–water partition coefficient (Wildman–Crippen LogP) is 5.85. The molecule has 1 aromatic heterocycles. The van der Waals surface area contributed by atoms with E-state index in [9.17, 15) is 9.59 Å². The van der Waals surface area contributed by atoms with Crippen molar-refractivity contribution in [3.05, 3.63) is 93.3 Å². The summed E-state index contributed by atoms with van der Waals surface area (Å²) < 4.78 is 6.68. The third-order valence-electron chi connectivity index (χ3n) is 4.49. The van der Waals surface area contributed by atoms with Crippen LogP contribution in [0.2, 0.25) is 0 Å². The molecule has 1 heterocycles. The Morgan fingerprint density at radius 2 is 1.62 bits per heavy atom. The third-order valence-corrected chi connectivity index (χ3v) is 5.21. The summed E-state index contributed by atoms with van der Waals surface area (Å²) >= 11 is 2.20. The molecule has 0 fully saturated rings. The minimum atomic E-state index is -0.319. The molecule has 2 N–H and O–H groups in total. The van der Waals surface area contributed by atoms with Crippen LogP contribution >= 0.6 is 22.6 Å². The first kappa shape index (κ1) is 19.2. The van der Waals surface area contributed by atoms with Gasteiger partial charge in [0.25, 0.3) is 11.8 Å². The summed E-state index contributed by atoms with van der Waals surface area (Å²) in [6, 6.07) is 21.9. The lowest BCUT2D eigenvalue weighted by Crippen LogP contribution is -2.14. The van der Waals surface area contributed by atoms with Crippen LogP contribution in [0.4, 0.5) is 11.4 Å². The number of furan rings is 1. The first-order chi connectivity index (χ1) is 14.0. The second kappa shape index (κ2) is 8.08. The summed E-state index contributed by atoms with van der Waals surface area (Å²) in [6.45, 7) is 1.87. The van der Waals surface area contributed by atoms with Crippen LogP contribution in [-0.2, 0) is 0 Å². The quantitative estimate of drug-likeness (QED) is 0.349. The normalized spacial score (nSPS) is 10.7. The standard InChI is InChI=1S/C23H17IN2O3/c1-14-12-18(25-22(27)15-6-8-17(24)9-7-15)10-11-19(14)26-23(28)21-13-16-4-2-3-5-20(16)29-21/h2-13H,1H3,(H,25,27)(H,26,28). The highest BCUT2D eigenvalue weighted by Crippen LogP contribution is 2.23. The van der Waals surface area contributed by atoms with Gasteiger partial charge in [-0.15, -0.1) is 0 Å². The number of fused-ring (bicyclic) bond motifs is 1. The lowest BCUT2D eigenvalue weighted by atomic mass is 10.1. The number of hydrogen-bond acceptors (Lipinski definition) is 3. The van der Waals surface area contributed by atoms with Crippen molar-refractivity contribution in [1.29, 1.82) is 0 Å². The molecule has 0 aliphatic rings. The number of halogens is 1. The van der Waals surface area contributed by atoms with E-state index in [0.29, 0.717) is 22.5 Å². The maximum absolute atomic E-state index is 12.5. The molecule has 0 saturated carbocycles. The SMILES string of the molecule is Cc1cc(NC(=O)c2ccc(I)cc2)ccc1NC(=O)c1cc2ccccc2o1. The summed E-state index contributed by atoms with van der Waals surface area (Å²) in [7, 11) is 0. The molecule has 0 unspecified atom stereocenters. The number of benzene rings is 3. The van der Waals surface area contributed by atoms with Gasteiger partial charge >= 0.3 is 0 Å². The highest BCUT2D eigenvalue weighted by molar-refractivity contribution is 14.1. The zero-order chi connectivity index (χ0) is 20.4. The minimum absolute atomic E-state index is 0.181. The number of anilines is 2. The Bertz CT molecular complexity index is 1180. The van der Waals surface area contributed by atoms with Crippen molar-refractivity contribution in [1.82, 2.24) is 0 Å². The maximum atomic E-state index is 12.5. The summed E-state index contributed by atoms with van der Waals surface area (Å²) in [6.07, 6.45) is 0. The molecule has 144 valence electrons. The Morgan fingerprint density at radius 3 is 2.34 bits per heavy atom. The van der Waals surface area contributed by atoms with Gasteiger partial charge in [-0.05, 0) is 89.7 Å². The van der Waals surface area contributed by atoms with E-state index in [1.807, 2.05) is 49.4 Å². The van der Waals surface area contributed by atoms with Crippen molar-refractivity contribution < 1.29 is 14.0 Å². The zero-order valence-electron chi connectivity index (χ0n) is 15.5. The molecule has 2 amide bonds. The van der Waals surface area contributed by atoms with Crippen LogP contribution in [0, 0.1) is 10.5 Å². The van der Waals surface area contributed by atoms with E-state index in [1.165, 1.54) is 0 Å². The van der Waals surface area contributed by atoms with Gasteiger partial charge < -0.3 is 15.1 Å². The van der Waals surface area contributed by atoms with E-state index in [1.54, 1.807) is 30.3 Å². The number of rotatable bonds is 4. The molecule has 0 aliphatic carbocycles. The molecule has 29 heavy (non-hydrogen) atoms. The van der Waals surface area contributed by atoms with E-state index in [-0.39, 0.29) is 17.6 Å². The second-order valence-electron chi connectivity index (χ2n) is 6.59. The average molecular weight is 496 g/mol. The van der Waals surface area contributed by atoms with Gasteiger partial charge in [-0.1, -0.05) is 18.2 Å². The van der Waals surface area contributed by atoms with Gasteiger partial charge in [-0.2, -0.15) is 0 Å². The number of hydrogen-bond donors (Lipinski definition) is 2. The Balaban J connectivity index is 1.47. The predicted molar refractivity (Wildman–Crippen MR) is 122 cm³/mol. The van der Waals surface area contributed by atoms with Crippen LogP contribution in [0.3, 0.4) is 0 Å². The molecular formula is C23H17IN2O3. The second-order valence-corrected chi connectivity index (χ2v) is 7.84. The Kier molecular flexibility index (Phi) is 5.35. The molecule has 4 rings (SSSR count). The number of nitrogens with one attached hydrogen (secondary N) is 2. The van der Waals surface area contributed by atoms with E-state index in [2.05, 4.69) is 33.2 Å². The van der Waals surface area contributed by atoms with Gasteiger partial charge in [0.2, 0.25) is 0 Å². The first-order valence-electron chi connectivity index (χ1n) is 8.97. The van der Waals surface area contributed by atoms with Crippen molar-refractivity contribution in [2.75, 3.05) is 10.6 Å². The molecule has 0 saturated heterocycles. The fourth-order valence-corrected chi connectivity index (χ4v) is 3.32. The largest absolute Gasteiger partial charge is 0.451 e. The Labute approximate surface area is 181 Å². The van der Waals surface area contributed by atoms with Crippen LogP contribution in [0.5, 0.6) is 0 Å². The van der Waals surface area contributed by atoms with E-state index < -0.39 is 0 Å². The minimum Gasteiger partial charge on any atom is -0.451 e. The Hall–Kier alpha value is -3.13. The van der Waals surface area contributed by atoms with Crippen molar-refractivity contribution >= 4 is 56.7 Å². The van der Waals surface area contributed by atoms with E-state index >= 15 is 0 Å². The molecular weight excluding hydrogens is 479 g/mol. The summed E-state index contributed by atoms with van der Waals surface area (Å²) in [5.41, 5.74) is 3.40. The lowest BCUT2D eigenvalue weighted by Gasteiger charge is -2.11. The number of para-hydroxylation sites is 1. The van der Waals surface area contributed by atoms with Crippen LogP contribution in [-0.4, -0.2) is 11.8 Å². The van der Waals surface area contributed by atoms with Gasteiger partial charge in [-0.3, -0.25) is 9.59 Å². The molecule has 0 bridgehead atoms. The molecule has 0 spiro atoms. The molecule has 5 nitrogen and oxygen atoms in total. The van der Waals surface area contributed by atoms with Crippen molar-refractivity contribution in [2.24, 2.45) is 0 Å². The summed E-state index contributed by atoms with van der Waals surface area (Å²) in [4.78, 5) is 24.9. The lowest BCUT2D eigenvalue weighted by molar-refractivity contribution is 0.0996. The fourth-order valence-electron chi connectivity index (χ4n) is 2.96. The monoisotopic (exact) mass is 496 g/mol. The molecule has 0 radical (unpaired) electrons. The van der Waals surface area contributed by atoms with Crippen LogP contribution < -0.4 is 10.6 Å². The number of carbonyl (C=O) groups is 2. The third kappa shape index (κ3) is 4.32. The molecule has 4 aromatic rings. The summed E-state index contributed by atoms with van der Waals surface area (Å²) in [5, 5.41) is 6.61. The first-order valence-corrected chi connectivity index (χ1v) is 10.0. The fraction of sp³-hybridized carbons (Fsp3) is 0.0435. The molecule has 3 aromatic carbocycles. The highest BCUT2D eigenvalue weighted by atomic mass is 127. The van der Waals surface area contributed by atoms with E-state index in [4.69, 9.17) is 4.42 Å². The van der Waals surface area contributed by atoms with Gasteiger partial charge in [0, 0.05) is 25.9 Å². The Morgan fingerprint density at radius 1 is 0.862 bits per heavy atom. The van der Waals surface area contributed by atoms with Gasteiger partial charge in [0.15, 0.2) is 5.76 Å². The van der Waals surface area contributed by atoms with Crippen LogP contribution in [0.25, 0.3) is 11.0 Å². The maximum Gasteiger partial charge on any atom is 0.291 e. The average Bonchev–Trinajstić information content (AvgIpc) is 3.15. The topological polar surface area (TPSA) is 71.3 Å². The van der Waals surface area contributed by atoms with Crippen molar-refractivity contribution in [2.45, 2.75) is 6.92 Å². The number of amides is 2. The smallest absolute Gasteiger partial charge is 0.291 e. The van der Waals surface area contributed by atoms with Gasteiger partial charge in [0.05, 0.1) is 0 Å². The van der Waals surface area contributed by atoms with Gasteiger partial charge in [-0.25, -0.2) is 0 Å². The number of aryl methyl sites for hydroxylation is 1. The molecule has 0 aliphatic heterocycles. The summed E-state index contributed by atoms with van der Waals surface area (Å²) in [5.74, 6) is -0.249. The van der Waals surface area contributed by atoms with E-state index in [0.717, 1.165) is 14.5 Å². The van der Waals surface area contributed by atoms with Crippen molar-refractivity contribution in [3.63, 3.8) is 0 Å².